The van der Waals surface area contributed by atoms with E-state index in [-0.39, 0.29) is 17.7 Å². The van der Waals surface area contributed by atoms with E-state index in [1.165, 1.54) is 0 Å². The van der Waals surface area contributed by atoms with Gasteiger partial charge in [0.1, 0.15) is 17.1 Å². The van der Waals surface area contributed by atoms with Gasteiger partial charge in [-0.3, -0.25) is 14.3 Å². The molecule has 1 saturated heterocycles. The third-order valence-electron chi connectivity index (χ3n) is 8.38. The molecule has 1 N–H and O–H groups in total. The maximum absolute atomic E-state index is 14.1. The third kappa shape index (κ3) is 6.09. The molecule has 11 nitrogen and oxygen atoms in total. The molecule has 11 heteroatoms. The minimum absolute atomic E-state index is 0.0357. The zero-order chi connectivity index (χ0) is 31.0. The molecule has 1 aliphatic carbocycles. The predicted molar refractivity (Wildman–Crippen MR) is 172 cm³/mol. The highest BCUT2D eigenvalue weighted by molar-refractivity contribution is 5.86. The number of hydrogen-bond donors (Lipinski definition) is 1. The molecule has 6 rings (SSSR count). The van der Waals surface area contributed by atoms with Crippen LogP contribution in [0.2, 0.25) is 0 Å². The average Bonchev–Trinajstić information content (AvgIpc) is 3.52. The predicted octanol–water partition coefficient (Wildman–Crippen LogP) is 5.78. The van der Waals surface area contributed by atoms with Crippen molar-refractivity contribution < 1.29 is 9.53 Å². The molecule has 0 unspecified atom stereocenters. The standard InChI is InChI=1S/C33H40N8O3/c1-21-10-11-23(18-34-21)28-22(2)26-20-36-31(38-29(26)41(30(28)42)24-8-6-7-9-24)37-27-13-12-25(19-35-27)39-14-16-40(17-15-39)32(43)44-33(3,4)5/h10-13,18-20,24H,6-9,14-17H2,1-5H3,(H,35,36,37,38). The second kappa shape index (κ2) is 11.9. The number of fused-ring (bicyclic) bond motifs is 1. The fraction of sp³-hybridized carbons (Fsp3) is 0.455. The van der Waals surface area contributed by atoms with Crippen molar-refractivity contribution in [2.24, 2.45) is 0 Å². The van der Waals surface area contributed by atoms with Crippen LogP contribution in [0.5, 0.6) is 0 Å². The number of aryl methyl sites for hydroxylation is 2. The number of nitrogens with zero attached hydrogens (tertiary/aromatic N) is 7. The van der Waals surface area contributed by atoms with Gasteiger partial charge in [-0.25, -0.2) is 14.8 Å². The van der Waals surface area contributed by atoms with E-state index in [0.717, 1.165) is 53.6 Å². The number of ether oxygens (including phenoxy) is 1. The van der Waals surface area contributed by atoms with E-state index in [0.29, 0.717) is 49.2 Å². The molecule has 2 fully saturated rings. The molecular weight excluding hydrogens is 556 g/mol. The molecule has 0 bridgehead atoms. The zero-order valence-electron chi connectivity index (χ0n) is 26.1. The summed E-state index contributed by atoms with van der Waals surface area (Å²) in [4.78, 5) is 49.0. The molecule has 0 atom stereocenters. The van der Waals surface area contributed by atoms with E-state index >= 15 is 0 Å². The minimum Gasteiger partial charge on any atom is -0.444 e. The van der Waals surface area contributed by atoms with Crippen molar-refractivity contribution in [3.8, 4) is 11.1 Å². The van der Waals surface area contributed by atoms with E-state index in [1.807, 2.05) is 69.6 Å². The van der Waals surface area contributed by atoms with Crippen LogP contribution in [0.25, 0.3) is 22.2 Å². The molecule has 4 aromatic heterocycles. The van der Waals surface area contributed by atoms with Gasteiger partial charge in [-0.2, -0.15) is 4.98 Å². The summed E-state index contributed by atoms with van der Waals surface area (Å²) in [6, 6.07) is 7.89. The molecule has 4 aromatic rings. The number of rotatable bonds is 5. The Hall–Kier alpha value is -4.54. The summed E-state index contributed by atoms with van der Waals surface area (Å²) < 4.78 is 7.39. The fourth-order valence-electron chi connectivity index (χ4n) is 6.09. The first-order valence-electron chi connectivity index (χ1n) is 15.4. The van der Waals surface area contributed by atoms with Crippen LogP contribution in [-0.4, -0.2) is 67.3 Å². The molecule has 1 amide bonds. The summed E-state index contributed by atoms with van der Waals surface area (Å²) in [5.41, 5.74) is 4.30. The summed E-state index contributed by atoms with van der Waals surface area (Å²) in [7, 11) is 0. The first kappa shape index (κ1) is 29.5. The molecule has 0 radical (unpaired) electrons. The van der Waals surface area contributed by atoms with Crippen LogP contribution in [0.3, 0.4) is 0 Å². The Bertz CT molecular complexity index is 1710. The van der Waals surface area contributed by atoms with Crippen molar-refractivity contribution in [1.82, 2.24) is 29.4 Å². The lowest BCUT2D eigenvalue weighted by Gasteiger charge is -2.36. The number of piperazine rings is 1. The second-order valence-electron chi connectivity index (χ2n) is 12.7. The summed E-state index contributed by atoms with van der Waals surface area (Å²) in [5, 5.41) is 4.09. The van der Waals surface area contributed by atoms with Gasteiger partial charge < -0.3 is 19.9 Å². The number of pyridine rings is 3. The Morgan fingerprint density at radius 3 is 2.32 bits per heavy atom. The Balaban J connectivity index is 1.23. The molecule has 1 aliphatic heterocycles. The molecule has 2 aliphatic rings. The van der Waals surface area contributed by atoms with E-state index in [4.69, 9.17) is 9.72 Å². The van der Waals surface area contributed by atoms with Crippen molar-refractivity contribution >= 4 is 34.6 Å². The smallest absolute Gasteiger partial charge is 0.410 e. The summed E-state index contributed by atoms with van der Waals surface area (Å²) in [6.45, 7) is 12.1. The Morgan fingerprint density at radius 2 is 1.68 bits per heavy atom. The molecule has 5 heterocycles. The molecule has 230 valence electrons. The Labute approximate surface area is 257 Å². The number of aromatic nitrogens is 5. The van der Waals surface area contributed by atoms with Crippen LogP contribution in [-0.2, 0) is 4.74 Å². The van der Waals surface area contributed by atoms with Crippen molar-refractivity contribution in [1.29, 1.82) is 0 Å². The fourth-order valence-corrected chi connectivity index (χ4v) is 6.09. The van der Waals surface area contributed by atoms with Crippen LogP contribution in [0, 0.1) is 13.8 Å². The highest BCUT2D eigenvalue weighted by Crippen LogP contribution is 2.34. The maximum atomic E-state index is 14.1. The van der Waals surface area contributed by atoms with Gasteiger partial charge in [0, 0.05) is 61.3 Å². The lowest BCUT2D eigenvalue weighted by Crippen LogP contribution is -2.50. The van der Waals surface area contributed by atoms with E-state index < -0.39 is 5.60 Å². The van der Waals surface area contributed by atoms with Gasteiger partial charge >= 0.3 is 6.09 Å². The maximum Gasteiger partial charge on any atom is 0.410 e. The van der Waals surface area contributed by atoms with E-state index in [9.17, 15) is 9.59 Å². The minimum atomic E-state index is -0.509. The normalized spacial score (nSPS) is 16.0. The van der Waals surface area contributed by atoms with Crippen molar-refractivity contribution in [2.75, 3.05) is 36.4 Å². The molecule has 0 spiro atoms. The first-order chi connectivity index (χ1) is 21.1. The zero-order valence-corrected chi connectivity index (χ0v) is 26.1. The highest BCUT2D eigenvalue weighted by atomic mass is 16.6. The van der Waals surface area contributed by atoms with E-state index in [2.05, 4.69) is 25.2 Å². The number of anilines is 3. The number of amides is 1. The summed E-state index contributed by atoms with van der Waals surface area (Å²) in [5.74, 6) is 0.994. The molecule has 1 saturated carbocycles. The lowest BCUT2D eigenvalue weighted by molar-refractivity contribution is 0.0240. The largest absolute Gasteiger partial charge is 0.444 e. The van der Waals surface area contributed by atoms with Gasteiger partial charge in [0.25, 0.3) is 5.56 Å². The van der Waals surface area contributed by atoms with E-state index in [1.54, 1.807) is 17.3 Å². The van der Waals surface area contributed by atoms with Crippen molar-refractivity contribution in [3.05, 3.63) is 64.5 Å². The topological polar surface area (TPSA) is 118 Å². The number of carbonyl (C=O) groups excluding carboxylic acids is 1. The monoisotopic (exact) mass is 596 g/mol. The second-order valence-corrected chi connectivity index (χ2v) is 12.7. The van der Waals surface area contributed by atoms with Gasteiger partial charge in [-0.05, 0) is 71.2 Å². The number of carbonyl (C=O) groups is 1. The van der Waals surface area contributed by atoms with Gasteiger partial charge in [-0.1, -0.05) is 18.9 Å². The van der Waals surface area contributed by atoms with Crippen LogP contribution >= 0.6 is 0 Å². The number of hydrogen-bond acceptors (Lipinski definition) is 9. The molecule has 0 aromatic carbocycles. The third-order valence-corrected chi connectivity index (χ3v) is 8.38. The van der Waals surface area contributed by atoms with Crippen LogP contribution in [0.1, 0.15) is 63.8 Å². The first-order valence-corrected chi connectivity index (χ1v) is 15.4. The molecule has 44 heavy (non-hydrogen) atoms. The van der Waals surface area contributed by atoms with Crippen LogP contribution in [0.4, 0.5) is 22.2 Å². The Kier molecular flexibility index (Phi) is 7.96. The van der Waals surface area contributed by atoms with Gasteiger partial charge in [0.05, 0.1) is 17.4 Å². The van der Waals surface area contributed by atoms with Gasteiger partial charge in [-0.15, -0.1) is 0 Å². The van der Waals surface area contributed by atoms with Crippen molar-refractivity contribution in [3.63, 3.8) is 0 Å². The van der Waals surface area contributed by atoms with Gasteiger partial charge in [0.15, 0.2) is 0 Å². The Morgan fingerprint density at radius 1 is 0.932 bits per heavy atom. The van der Waals surface area contributed by atoms with Crippen LogP contribution in [0.15, 0.2) is 47.7 Å². The highest BCUT2D eigenvalue weighted by Gasteiger charge is 2.27. The van der Waals surface area contributed by atoms with Crippen molar-refractivity contribution in [2.45, 2.75) is 71.9 Å². The lowest BCUT2D eigenvalue weighted by atomic mass is 10.0. The quantitative estimate of drug-likeness (QED) is 0.306. The summed E-state index contributed by atoms with van der Waals surface area (Å²) in [6.07, 6.45) is 9.20. The SMILES string of the molecule is Cc1ccc(-c2c(C)c3cnc(Nc4ccc(N5CCN(C(=O)OC(C)(C)C)CC5)cn4)nc3n(C3CCCC3)c2=O)cn1. The average molecular weight is 597 g/mol. The van der Waals surface area contributed by atoms with Crippen LogP contribution < -0.4 is 15.8 Å². The molecular formula is C33H40N8O3. The number of nitrogens with one attached hydrogen (secondary N) is 1. The van der Waals surface area contributed by atoms with Gasteiger partial charge in [0.2, 0.25) is 5.95 Å². The summed E-state index contributed by atoms with van der Waals surface area (Å²) >= 11 is 0.